The Labute approximate surface area is 114 Å². The van der Waals surface area contributed by atoms with Gasteiger partial charge in [-0.05, 0) is 18.3 Å². The summed E-state index contributed by atoms with van der Waals surface area (Å²) in [7, 11) is 0. The van der Waals surface area contributed by atoms with E-state index in [0.717, 1.165) is 6.42 Å². The topological polar surface area (TPSA) is 69.6 Å². The molecule has 0 aliphatic carbocycles. The van der Waals surface area contributed by atoms with Gasteiger partial charge >= 0.3 is 12.0 Å². The summed E-state index contributed by atoms with van der Waals surface area (Å²) >= 11 is 0. The van der Waals surface area contributed by atoms with Gasteiger partial charge in [-0.2, -0.15) is 0 Å². The minimum atomic E-state index is -0.853. The second kappa shape index (κ2) is 6.59. The van der Waals surface area contributed by atoms with Gasteiger partial charge in [-0.15, -0.1) is 0 Å². The molecule has 108 valence electrons. The molecule has 0 aromatic heterocycles. The molecule has 1 unspecified atom stereocenters. The van der Waals surface area contributed by atoms with Crippen LogP contribution in [0.2, 0.25) is 0 Å². The van der Waals surface area contributed by atoms with E-state index < -0.39 is 11.9 Å². The number of hydrogen-bond acceptors (Lipinski definition) is 2. The molecule has 5 nitrogen and oxygen atoms in total. The van der Waals surface area contributed by atoms with Crippen molar-refractivity contribution in [1.29, 1.82) is 0 Å². The Morgan fingerprint density at radius 3 is 2.53 bits per heavy atom. The molecule has 1 heterocycles. The third-order valence-corrected chi connectivity index (χ3v) is 3.05. The normalized spacial score (nSPS) is 17.1. The lowest BCUT2D eigenvalue weighted by molar-refractivity contribution is -0.142. The van der Waals surface area contributed by atoms with E-state index in [4.69, 9.17) is 0 Å². The molecule has 0 spiro atoms. The van der Waals surface area contributed by atoms with Crippen LogP contribution in [-0.2, 0) is 4.79 Å². The van der Waals surface area contributed by atoms with Gasteiger partial charge in [-0.25, -0.2) is 4.79 Å². The van der Waals surface area contributed by atoms with Crippen LogP contribution in [0.3, 0.4) is 0 Å². The molecule has 0 saturated carbocycles. The molecule has 1 atom stereocenters. The molecule has 0 aromatic carbocycles. The SMILES string of the molecule is CC(C)(C)CC(CNC(=O)N1CC=CCC1)C(=O)O. The van der Waals surface area contributed by atoms with E-state index >= 15 is 0 Å². The van der Waals surface area contributed by atoms with E-state index in [9.17, 15) is 14.7 Å². The number of rotatable bonds is 4. The summed E-state index contributed by atoms with van der Waals surface area (Å²) in [5, 5.41) is 11.9. The van der Waals surface area contributed by atoms with E-state index in [0.29, 0.717) is 19.5 Å². The van der Waals surface area contributed by atoms with Crippen LogP contribution in [0.15, 0.2) is 12.2 Å². The van der Waals surface area contributed by atoms with Crippen LogP contribution in [0.5, 0.6) is 0 Å². The Kier molecular flexibility index (Phi) is 5.39. The monoisotopic (exact) mass is 268 g/mol. The van der Waals surface area contributed by atoms with Crippen molar-refractivity contribution in [3.05, 3.63) is 12.2 Å². The maximum atomic E-state index is 11.9. The molecule has 1 rings (SSSR count). The van der Waals surface area contributed by atoms with E-state index in [1.54, 1.807) is 4.90 Å². The Bertz CT molecular complexity index is 358. The zero-order valence-electron chi connectivity index (χ0n) is 12.0. The van der Waals surface area contributed by atoms with Crippen molar-refractivity contribution in [2.24, 2.45) is 11.3 Å². The summed E-state index contributed by atoms with van der Waals surface area (Å²) in [4.78, 5) is 24.8. The minimum absolute atomic E-state index is 0.0678. The second-order valence-electron chi connectivity index (χ2n) is 6.19. The van der Waals surface area contributed by atoms with Crippen LogP contribution in [-0.4, -0.2) is 41.6 Å². The Morgan fingerprint density at radius 2 is 2.05 bits per heavy atom. The van der Waals surface area contributed by atoms with Gasteiger partial charge in [0.2, 0.25) is 0 Å². The zero-order valence-corrected chi connectivity index (χ0v) is 12.0. The van der Waals surface area contributed by atoms with Crippen LogP contribution in [0, 0.1) is 11.3 Å². The zero-order chi connectivity index (χ0) is 14.5. The molecule has 1 aliphatic rings. The molecule has 19 heavy (non-hydrogen) atoms. The largest absolute Gasteiger partial charge is 0.481 e. The molecule has 5 heteroatoms. The number of hydrogen-bond donors (Lipinski definition) is 2. The lowest BCUT2D eigenvalue weighted by Gasteiger charge is -2.26. The number of carboxylic acids is 1. The van der Waals surface area contributed by atoms with Gasteiger partial charge in [-0.3, -0.25) is 4.79 Å². The molecular formula is C14H24N2O3. The fraction of sp³-hybridized carbons (Fsp3) is 0.714. The van der Waals surface area contributed by atoms with Crippen molar-refractivity contribution < 1.29 is 14.7 Å². The molecule has 2 N–H and O–H groups in total. The lowest BCUT2D eigenvalue weighted by Crippen LogP contribution is -2.44. The lowest BCUT2D eigenvalue weighted by atomic mass is 9.84. The van der Waals surface area contributed by atoms with Crippen LogP contribution < -0.4 is 5.32 Å². The van der Waals surface area contributed by atoms with Gasteiger partial charge in [0, 0.05) is 19.6 Å². The first-order valence-electron chi connectivity index (χ1n) is 6.70. The molecule has 1 aliphatic heterocycles. The summed E-state index contributed by atoms with van der Waals surface area (Å²) in [5.41, 5.74) is -0.0678. The average molecular weight is 268 g/mol. The van der Waals surface area contributed by atoms with Crippen molar-refractivity contribution >= 4 is 12.0 Å². The van der Waals surface area contributed by atoms with Crippen molar-refractivity contribution in [2.75, 3.05) is 19.6 Å². The fourth-order valence-corrected chi connectivity index (χ4v) is 2.13. The summed E-state index contributed by atoms with van der Waals surface area (Å²) in [6, 6.07) is -0.176. The van der Waals surface area contributed by atoms with Gasteiger partial charge < -0.3 is 15.3 Å². The fourth-order valence-electron chi connectivity index (χ4n) is 2.13. The molecule has 2 amide bonds. The standard InChI is InChI=1S/C14H24N2O3/c1-14(2,3)9-11(12(17)18)10-15-13(19)16-7-5-4-6-8-16/h4-5,11H,6-10H2,1-3H3,(H,15,19)(H,17,18). The number of carbonyl (C=O) groups is 2. The smallest absolute Gasteiger partial charge is 0.317 e. The number of amides is 2. The van der Waals surface area contributed by atoms with Gasteiger partial charge in [0.15, 0.2) is 0 Å². The van der Waals surface area contributed by atoms with Crippen molar-refractivity contribution in [1.82, 2.24) is 10.2 Å². The van der Waals surface area contributed by atoms with Crippen molar-refractivity contribution in [3.8, 4) is 0 Å². The summed E-state index contributed by atoms with van der Waals surface area (Å²) < 4.78 is 0. The Hall–Kier alpha value is -1.52. The van der Waals surface area contributed by atoms with Crippen LogP contribution >= 0.6 is 0 Å². The minimum Gasteiger partial charge on any atom is -0.481 e. The van der Waals surface area contributed by atoms with E-state index in [-0.39, 0.29) is 18.0 Å². The third-order valence-electron chi connectivity index (χ3n) is 3.05. The number of aliphatic carboxylic acids is 1. The van der Waals surface area contributed by atoms with Crippen LogP contribution in [0.1, 0.15) is 33.6 Å². The van der Waals surface area contributed by atoms with Gasteiger partial charge in [0.1, 0.15) is 0 Å². The summed E-state index contributed by atoms with van der Waals surface area (Å²) in [6.45, 7) is 7.48. The maximum absolute atomic E-state index is 11.9. The van der Waals surface area contributed by atoms with Crippen LogP contribution in [0.4, 0.5) is 4.79 Å². The number of nitrogens with one attached hydrogen (secondary N) is 1. The van der Waals surface area contributed by atoms with E-state index in [2.05, 4.69) is 5.32 Å². The average Bonchev–Trinajstić information content (AvgIpc) is 2.33. The van der Waals surface area contributed by atoms with Crippen LogP contribution in [0.25, 0.3) is 0 Å². The summed E-state index contributed by atoms with van der Waals surface area (Å²) in [5.74, 6) is -1.39. The van der Waals surface area contributed by atoms with Gasteiger partial charge in [-0.1, -0.05) is 32.9 Å². The molecule has 0 saturated heterocycles. The highest BCUT2D eigenvalue weighted by Crippen LogP contribution is 2.24. The quantitative estimate of drug-likeness (QED) is 0.767. The highest BCUT2D eigenvalue weighted by atomic mass is 16.4. The molecule has 0 radical (unpaired) electrons. The highest BCUT2D eigenvalue weighted by molar-refractivity contribution is 5.76. The first kappa shape index (κ1) is 15.5. The second-order valence-corrected chi connectivity index (χ2v) is 6.19. The number of nitrogens with zero attached hydrogens (tertiary/aromatic N) is 1. The van der Waals surface area contributed by atoms with Gasteiger partial charge in [0.05, 0.1) is 5.92 Å². The van der Waals surface area contributed by atoms with Crippen molar-refractivity contribution in [3.63, 3.8) is 0 Å². The van der Waals surface area contributed by atoms with Crippen molar-refractivity contribution in [2.45, 2.75) is 33.6 Å². The van der Waals surface area contributed by atoms with E-state index in [1.807, 2.05) is 32.9 Å². The first-order valence-corrected chi connectivity index (χ1v) is 6.70. The maximum Gasteiger partial charge on any atom is 0.317 e. The number of carboxylic acid groups (broad SMARTS) is 1. The molecule has 0 fully saturated rings. The van der Waals surface area contributed by atoms with Gasteiger partial charge in [0.25, 0.3) is 0 Å². The predicted molar refractivity (Wildman–Crippen MR) is 73.9 cm³/mol. The molecule has 0 bridgehead atoms. The third kappa shape index (κ3) is 5.77. The van der Waals surface area contributed by atoms with E-state index in [1.165, 1.54) is 0 Å². The Morgan fingerprint density at radius 1 is 1.37 bits per heavy atom. The molecule has 0 aromatic rings. The summed E-state index contributed by atoms with van der Waals surface area (Å²) in [6.07, 6.45) is 5.40. The number of carbonyl (C=O) groups excluding carboxylic acids is 1. The predicted octanol–water partition coefficient (Wildman–Crippen LogP) is 2.09. The highest BCUT2D eigenvalue weighted by Gasteiger charge is 2.25. The molecular weight excluding hydrogens is 244 g/mol. The first-order chi connectivity index (χ1) is 8.79. The Balaban J connectivity index is 2.45. The number of urea groups is 1.